The molecule has 1 aromatic carbocycles. The number of rotatable bonds is 3. The van der Waals surface area contributed by atoms with Crippen molar-refractivity contribution >= 4 is 5.69 Å². The van der Waals surface area contributed by atoms with Crippen molar-refractivity contribution in [3.8, 4) is 22.7 Å². The SMILES string of the molecule is COc1cncc(-c2nn(-c3cc(F)ccc3C(F)(F)F)c(=O)c3c2CCN3)c1. The van der Waals surface area contributed by atoms with Gasteiger partial charge in [0.15, 0.2) is 0 Å². The lowest BCUT2D eigenvalue weighted by Crippen LogP contribution is -2.27. The third-order valence-corrected chi connectivity index (χ3v) is 4.59. The van der Waals surface area contributed by atoms with Gasteiger partial charge < -0.3 is 10.1 Å². The normalized spacial score (nSPS) is 13.1. The van der Waals surface area contributed by atoms with Crippen molar-refractivity contribution in [3.05, 3.63) is 64.0 Å². The highest BCUT2D eigenvalue weighted by Crippen LogP contribution is 2.35. The molecule has 0 radical (unpaired) electrons. The van der Waals surface area contributed by atoms with Crippen LogP contribution in [0, 0.1) is 5.82 Å². The summed E-state index contributed by atoms with van der Waals surface area (Å²) >= 11 is 0. The molecular weight excluding hydrogens is 392 g/mol. The molecular formula is C19H14F4N4O2. The Kier molecular flexibility index (Phi) is 4.48. The molecule has 150 valence electrons. The average Bonchev–Trinajstić information content (AvgIpc) is 3.18. The molecule has 0 unspecified atom stereocenters. The van der Waals surface area contributed by atoms with Gasteiger partial charge in [-0.25, -0.2) is 4.39 Å². The van der Waals surface area contributed by atoms with E-state index in [1.54, 1.807) is 6.07 Å². The predicted molar refractivity (Wildman–Crippen MR) is 96.8 cm³/mol. The first-order chi connectivity index (χ1) is 13.8. The summed E-state index contributed by atoms with van der Waals surface area (Å²) in [5.74, 6) is -0.497. The molecule has 10 heteroatoms. The van der Waals surface area contributed by atoms with Crippen LogP contribution in [0.2, 0.25) is 0 Å². The van der Waals surface area contributed by atoms with E-state index < -0.39 is 28.8 Å². The zero-order valence-corrected chi connectivity index (χ0v) is 15.0. The summed E-state index contributed by atoms with van der Waals surface area (Å²) in [6.07, 6.45) is -1.41. The Labute approximate surface area is 161 Å². The van der Waals surface area contributed by atoms with Crippen molar-refractivity contribution in [1.82, 2.24) is 14.8 Å². The summed E-state index contributed by atoms with van der Waals surface area (Å²) in [7, 11) is 1.45. The van der Waals surface area contributed by atoms with Crippen molar-refractivity contribution in [1.29, 1.82) is 0 Å². The summed E-state index contributed by atoms with van der Waals surface area (Å²) in [5.41, 5.74) is -1.21. The molecule has 0 saturated carbocycles. The van der Waals surface area contributed by atoms with Gasteiger partial charge >= 0.3 is 6.18 Å². The Morgan fingerprint density at radius 3 is 2.72 bits per heavy atom. The number of nitrogens with zero attached hydrogens (tertiary/aromatic N) is 3. The fraction of sp³-hybridized carbons (Fsp3) is 0.211. The molecule has 0 atom stereocenters. The smallest absolute Gasteiger partial charge is 0.418 e. The van der Waals surface area contributed by atoms with E-state index in [4.69, 9.17) is 4.74 Å². The maximum atomic E-state index is 13.8. The number of hydrogen-bond acceptors (Lipinski definition) is 5. The van der Waals surface area contributed by atoms with Gasteiger partial charge in [0.1, 0.15) is 17.3 Å². The van der Waals surface area contributed by atoms with Gasteiger partial charge in [-0.3, -0.25) is 9.78 Å². The fourth-order valence-electron chi connectivity index (χ4n) is 3.27. The van der Waals surface area contributed by atoms with E-state index in [0.29, 0.717) is 52.7 Å². The fourth-order valence-corrected chi connectivity index (χ4v) is 3.27. The highest BCUT2D eigenvalue weighted by atomic mass is 19.4. The van der Waals surface area contributed by atoms with E-state index in [1.165, 1.54) is 19.5 Å². The molecule has 2 aromatic heterocycles. The molecule has 0 spiro atoms. The van der Waals surface area contributed by atoms with E-state index in [-0.39, 0.29) is 11.4 Å². The highest BCUT2D eigenvalue weighted by Gasteiger charge is 2.35. The number of hydrogen-bond donors (Lipinski definition) is 1. The maximum Gasteiger partial charge on any atom is 0.418 e. The largest absolute Gasteiger partial charge is 0.495 e. The lowest BCUT2D eigenvalue weighted by atomic mass is 10.1. The standard InChI is InChI=1S/C19H14F4N4O2/c1-29-12-6-10(8-24-9-12)16-13-4-5-25-17(13)18(28)27(26-16)15-7-11(20)2-3-14(15)19(21,22)23/h2-3,6-9,25H,4-5H2,1H3. The topological polar surface area (TPSA) is 69.0 Å². The minimum absolute atomic E-state index is 0.134. The van der Waals surface area contributed by atoms with Crippen LogP contribution >= 0.6 is 0 Å². The van der Waals surface area contributed by atoms with Crippen LogP contribution in [0.4, 0.5) is 23.2 Å². The number of alkyl halides is 3. The Morgan fingerprint density at radius 1 is 1.21 bits per heavy atom. The van der Waals surface area contributed by atoms with Crippen molar-refractivity contribution < 1.29 is 22.3 Å². The third kappa shape index (κ3) is 3.30. The summed E-state index contributed by atoms with van der Waals surface area (Å²) in [4.78, 5) is 16.9. The number of nitrogens with one attached hydrogen (secondary N) is 1. The molecule has 0 aliphatic carbocycles. The van der Waals surface area contributed by atoms with Crippen LogP contribution in [-0.2, 0) is 12.6 Å². The monoisotopic (exact) mass is 406 g/mol. The third-order valence-electron chi connectivity index (χ3n) is 4.59. The molecule has 0 saturated heterocycles. The Hall–Kier alpha value is -3.43. The molecule has 0 bridgehead atoms. The number of pyridine rings is 1. The molecule has 3 heterocycles. The van der Waals surface area contributed by atoms with Crippen molar-refractivity contribution in [2.75, 3.05) is 19.0 Å². The Morgan fingerprint density at radius 2 is 2.00 bits per heavy atom. The van der Waals surface area contributed by atoms with E-state index in [9.17, 15) is 22.4 Å². The van der Waals surface area contributed by atoms with Crippen LogP contribution in [0.3, 0.4) is 0 Å². The van der Waals surface area contributed by atoms with Gasteiger partial charge in [-0.15, -0.1) is 0 Å². The summed E-state index contributed by atoms with van der Waals surface area (Å²) in [6.45, 7) is 0.427. The number of methoxy groups -OCH3 is 1. The number of anilines is 1. The highest BCUT2D eigenvalue weighted by molar-refractivity contribution is 5.72. The van der Waals surface area contributed by atoms with Crippen molar-refractivity contribution in [2.24, 2.45) is 0 Å². The maximum absolute atomic E-state index is 13.8. The number of ether oxygens (including phenoxy) is 1. The first-order valence-corrected chi connectivity index (χ1v) is 8.56. The molecule has 1 aliphatic rings. The Bertz CT molecular complexity index is 1160. The van der Waals surface area contributed by atoms with Crippen LogP contribution in [0.15, 0.2) is 41.5 Å². The second-order valence-corrected chi connectivity index (χ2v) is 6.37. The van der Waals surface area contributed by atoms with Crippen LogP contribution < -0.4 is 15.6 Å². The molecule has 3 aromatic rings. The molecule has 6 nitrogen and oxygen atoms in total. The van der Waals surface area contributed by atoms with Crippen molar-refractivity contribution in [3.63, 3.8) is 0 Å². The zero-order chi connectivity index (χ0) is 20.8. The first kappa shape index (κ1) is 18.9. The lowest BCUT2D eigenvalue weighted by molar-refractivity contribution is -0.137. The quantitative estimate of drug-likeness (QED) is 0.675. The number of aromatic nitrogens is 3. The van der Waals surface area contributed by atoms with Gasteiger partial charge in [0.2, 0.25) is 0 Å². The van der Waals surface area contributed by atoms with Gasteiger partial charge in [0.25, 0.3) is 5.56 Å². The van der Waals surface area contributed by atoms with E-state index in [0.717, 1.165) is 0 Å². The van der Waals surface area contributed by atoms with Gasteiger partial charge in [0.05, 0.1) is 30.3 Å². The van der Waals surface area contributed by atoms with Gasteiger partial charge in [-0.05, 0) is 24.6 Å². The molecule has 1 N–H and O–H groups in total. The summed E-state index contributed by atoms with van der Waals surface area (Å²) in [5, 5.41) is 7.07. The average molecular weight is 406 g/mol. The molecule has 0 fully saturated rings. The van der Waals surface area contributed by atoms with Crippen LogP contribution in [0.25, 0.3) is 16.9 Å². The van der Waals surface area contributed by atoms with Crippen LogP contribution in [-0.4, -0.2) is 28.4 Å². The minimum Gasteiger partial charge on any atom is -0.495 e. The predicted octanol–water partition coefficient (Wildman–Crippen LogP) is 3.43. The summed E-state index contributed by atoms with van der Waals surface area (Å²) < 4.78 is 60.0. The van der Waals surface area contributed by atoms with E-state index in [1.807, 2.05) is 0 Å². The zero-order valence-electron chi connectivity index (χ0n) is 15.0. The lowest BCUT2D eigenvalue weighted by Gasteiger charge is -2.16. The molecule has 29 heavy (non-hydrogen) atoms. The molecule has 0 amide bonds. The second-order valence-electron chi connectivity index (χ2n) is 6.37. The Balaban J connectivity index is 2.02. The minimum atomic E-state index is -4.80. The van der Waals surface area contributed by atoms with E-state index in [2.05, 4.69) is 15.4 Å². The van der Waals surface area contributed by atoms with E-state index >= 15 is 0 Å². The van der Waals surface area contributed by atoms with Gasteiger partial charge in [-0.1, -0.05) is 0 Å². The molecule has 4 rings (SSSR count). The number of benzene rings is 1. The van der Waals surface area contributed by atoms with Gasteiger partial charge in [0, 0.05) is 29.9 Å². The first-order valence-electron chi connectivity index (χ1n) is 8.56. The van der Waals surface area contributed by atoms with Crippen molar-refractivity contribution in [2.45, 2.75) is 12.6 Å². The number of halogens is 4. The van der Waals surface area contributed by atoms with Gasteiger partial charge in [-0.2, -0.15) is 23.0 Å². The summed E-state index contributed by atoms with van der Waals surface area (Å²) in [6, 6.07) is 3.53. The van der Waals surface area contributed by atoms with Crippen LogP contribution in [0.5, 0.6) is 5.75 Å². The number of fused-ring (bicyclic) bond motifs is 1. The molecule has 1 aliphatic heterocycles. The van der Waals surface area contributed by atoms with Crippen LogP contribution in [0.1, 0.15) is 11.1 Å². The second kappa shape index (κ2) is 6.87.